The normalized spacial score (nSPS) is 9.20. The molecule has 0 N–H and O–H groups in total. The SMILES string of the molecule is C=CC(=C)Cn1cccc1. The molecule has 52 valence electrons. The molecule has 0 atom stereocenters. The summed E-state index contributed by atoms with van der Waals surface area (Å²) in [6, 6.07) is 3.99. The molecule has 0 saturated carbocycles. The Morgan fingerprint density at radius 3 is 2.50 bits per heavy atom. The highest BCUT2D eigenvalue weighted by atomic mass is 14.9. The highest BCUT2D eigenvalue weighted by molar-refractivity contribution is 5.11. The Bertz CT molecular complexity index is 219. The molecule has 1 heteroatoms. The molecule has 1 nitrogen and oxygen atoms in total. The largest absolute Gasteiger partial charge is 0.350 e. The number of hydrogen-bond acceptors (Lipinski definition) is 0. The molecule has 0 fully saturated rings. The minimum absolute atomic E-state index is 0.844. The molecule has 0 aliphatic rings. The number of nitrogens with zero attached hydrogens (tertiary/aromatic N) is 1. The van der Waals surface area contributed by atoms with Crippen LogP contribution >= 0.6 is 0 Å². The highest BCUT2D eigenvalue weighted by Gasteiger charge is 1.87. The lowest BCUT2D eigenvalue weighted by Crippen LogP contribution is -1.93. The van der Waals surface area contributed by atoms with Gasteiger partial charge in [-0.05, 0) is 17.7 Å². The third-order valence-corrected chi connectivity index (χ3v) is 1.34. The predicted octanol–water partition coefficient (Wildman–Crippen LogP) is 2.23. The van der Waals surface area contributed by atoms with E-state index in [1.807, 2.05) is 24.5 Å². The highest BCUT2D eigenvalue weighted by Crippen LogP contribution is 1.97. The third kappa shape index (κ3) is 1.62. The quantitative estimate of drug-likeness (QED) is 0.557. The van der Waals surface area contributed by atoms with E-state index in [1.54, 1.807) is 6.08 Å². The second-order valence-corrected chi connectivity index (χ2v) is 2.22. The Kier molecular flexibility index (Phi) is 2.11. The first-order chi connectivity index (χ1) is 4.83. The Balaban J connectivity index is 2.56. The molecule has 10 heavy (non-hydrogen) atoms. The fraction of sp³-hybridized carbons (Fsp3) is 0.111. The molecule has 0 spiro atoms. The van der Waals surface area contributed by atoms with Gasteiger partial charge in [0.05, 0.1) is 0 Å². The zero-order valence-corrected chi connectivity index (χ0v) is 5.96. The van der Waals surface area contributed by atoms with Crippen LogP contribution in [0.4, 0.5) is 0 Å². The van der Waals surface area contributed by atoms with E-state index in [-0.39, 0.29) is 0 Å². The topological polar surface area (TPSA) is 4.93 Å². The van der Waals surface area contributed by atoms with Crippen molar-refractivity contribution < 1.29 is 0 Å². The Morgan fingerprint density at radius 2 is 2.00 bits per heavy atom. The number of aromatic nitrogens is 1. The van der Waals surface area contributed by atoms with Crippen LogP contribution in [0.25, 0.3) is 0 Å². The van der Waals surface area contributed by atoms with E-state index < -0.39 is 0 Å². The van der Waals surface area contributed by atoms with Crippen molar-refractivity contribution >= 4 is 0 Å². The summed E-state index contributed by atoms with van der Waals surface area (Å²) in [5.41, 5.74) is 1.04. The summed E-state index contributed by atoms with van der Waals surface area (Å²) in [5, 5.41) is 0. The zero-order chi connectivity index (χ0) is 7.40. The van der Waals surface area contributed by atoms with E-state index in [0.717, 1.165) is 12.1 Å². The third-order valence-electron chi connectivity index (χ3n) is 1.34. The van der Waals surface area contributed by atoms with E-state index in [0.29, 0.717) is 0 Å². The van der Waals surface area contributed by atoms with E-state index in [9.17, 15) is 0 Å². The molecule has 1 aromatic heterocycles. The van der Waals surface area contributed by atoms with Gasteiger partial charge < -0.3 is 4.57 Å². The van der Waals surface area contributed by atoms with Crippen molar-refractivity contribution in [3.63, 3.8) is 0 Å². The fourth-order valence-electron chi connectivity index (χ4n) is 0.775. The molecule has 0 aliphatic carbocycles. The predicted molar refractivity (Wildman–Crippen MR) is 43.8 cm³/mol. The summed E-state index contributed by atoms with van der Waals surface area (Å²) in [6.45, 7) is 8.28. The monoisotopic (exact) mass is 133 g/mol. The van der Waals surface area contributed by atoms with E-state index >= 15 is 0 Å². The van der Waals surface area contributed by atoms with Crippen LogP contribution in [-0.4, -0.2) is 4.57 Å². The van der Waals surface area contributed by atoms with Gasteiger partial charge in [0.15, 0.2) is 0 Å². The van der Waals surface area contributed by atoms with Crippen LogP contribution in [0.1, 0.15) is 0 Å². The van der Waals surface area contributed by atoms with Crippen molar-refractivity contribution in [3.05, 3.63) is 49.3 Å². The molecule has 0 unspecified atom stereocenters. The van der Waals surface area contributed by atoms with Gasteiger partial charge in [-0.2, -0.15) is 0 Å². The molecule has 0 aromatic carbocycles. The first kappa shape index (κ1) is 6.87. The van der Waals surface area contributed by atoms with Gasteiger partial charge in [-0.3, -0.25) is 0 Å². The van der Waals surface area contributed by atoms with Crippen LogP contribution in [0.5, 0.6) is 0 Å². The molecule has 1 heterocycles. The van der Waals surface area contributed by atoms with Crippen LogP contribution in [0.2, 0.25) is 0 Å². The van der Waals surface area contributed by atoms with Gasteiger partial charge in [0.1, 0.15) is 0 Å². The van der Waals surface area contributed by atoms with Gasteiger partial charge in [-0.25, -0.2) is 0 Å². The van der Waals surface area contributed by atoms with E-state index in [4.69, 9.17) is 0 Å². The lowest BCUT2D eigenvalue weighted by atomic mass is 10.3. The second-order valence-electron chi connectivity index (χ2n) is 2.22. The summed E-state index contributed by atoms with van der Waals surface area (Å²) >= 11 is 0. The van der Waals surface area contributed by atoms with Crippen LogP contribution in [0, 0.1) is 0 Å². The maximum atomic E-state index is 3.81. The average Bonchev–Trinajstić information content (AvgIpc) is 2.40. The summed E-state index contributed by atoms with van der Waals surface area (Å²) in [6.07, 6.45) is 5.80. The minimum atomic E-state index is 0.844. The molecular weight excluding hydrogens is 122 g/mol. The summed E-state index contributed by atoms with van der Waals surface area (Å²) in [5.74, 6) is 0. The molecule has 0 aliphatic heterocycles. The number of rotatable bonds is 3. The smallest absolute Gasteiger partial charge is 0.0464 e. The first-order valence-electron chi connectivity index (χ1n) is 3.24. The van der Waals surface area contributed by atoms with Crippen molar-refractivity contribution in [2.24, 2.45) is 0 Å². The summed E-state index contributed by atoms with van der Waals surface area (Å²) in [4.78, 5) is 0. The zero-order valence-electron chi connectivity index (χ0n) is 5.96. The van der Waals surface area contributed by atoms with Crippen LogP contribution in [0.15, 0.2) is 49.3 Å². The molecular formula is C9H11N. The Labute approximate surface area is 61.3 Å². The van der Waals surface area contributed by atoms with Crippen molar-refractivity contribution in [2.75, 3.05) is 0 Å². The second kappa shape index (κ2) is 3.06. The average molecular weight is 133 g/mol. The number of allylic oxidation sites excluding steroid dienone is 2. The Morgan fingerprint density at radius 1 is 1.40 bits per heavy atom. The molecule has 1 aromatic rings. The lowest BCUT2D eigenvalue weighted by molar-refractivity contribution is 0.808. The summed E-state index contributed by atoms with van der Waals surface area (Å²) in [7, 11) is 0. The molecule has 0 amide bonds. The van der Waals surface area contributed by atoms with Crippen LogP contribution < -0.4 is 0 Å². The van der Waals surface area contributed by atoms with Crippen molar-refractivity contribution in [2.45, 2.75) is 6.54 Å². The maximum Gasteiger partial charge on any atom is 0.0464 e. The molecule has 0 bridgehead atoms. The van der Waals surface area contributed by atoms with Crippen molar-refractivity contribution in [3.8, 4) is 0 Å². The van der Waals surface area contributed by atoms with Crippen molar-refractivity contribution in [1.29, 1.82) is 0 Å². The van der Waals surface area contributed by atoms with Gasteiger partial charge in [-0.15, -0.1) is 0 Å². The van der Waals surface area contributed by atoms with Gasteiger partial charge in [-0.1, -0.05) is 19.2 Å². The molecule has 0 radical (unpaired) electrons. The minimum Gasteiger partial charge on any atom is -0.350 e. The maximum absolute atomic E-state index is 3.81. The molecule has 1 rings (SSSR count). The van der Waals surface area contributed by atoms with Gasteiger partial charge in [0.25, 0.3) is 0 Å². The summed E-state index contributed by atoms with van der Waals surface area (Å²) < 4.78 is 2.06. The van der Waals surface area contributed by atoms with Crippen LogP contribution in [-0.2, 0) is 6.54 Å². The lowest BCUT2D eigenvalue weighted by Gasteiger charge is -1.99. The van der Waals surface area contributed by atoms with Gasteiger partial charge in [0, 0.05) is 18.9 Å². The van der Waals surface area contributed by atoms with Gasteiger partial charge >= 0.3 is 0 Å². The van der Waals surface area contributed by atoms with E-state index in [1.165, 1.54) is 0 Å². The van der Waals surface area contributed by atoms with E-state index in [2.05, 4.69) is 17.7 Å². The number of hydrogen-bond donors (Lipinski definition) is 0. The standard InChI is InChI=1S/C9H11N/c1-3-9(2)8-10-6-4-5-7-10/h3-7H,1-2,8H2. The molecule has 0 saturated heterocycles. The first-order valence-corrected chi connectivity index (χ1v) is 3.24. The van der Waals surface area contributed by atoms with Gasteiger partial charge in [0.2, 0.25) is 0 Å². The Hall–Kier alpha value is -1.24. The fourth-order valence-corrected chi connectivity index (χ4v) is 0.775. The van der Waals surface area contributed by atoms with Crippen molar-refractivity contribution in [1.82, 2.24) is 4.57 Å². The van der Waals surface area contributed by atoms with Crippen LogP contribution in [0.3, 0.4) is 0 Å².